The molecule has 0 aliphatic carbocycles. The molecule has 0 spiro atoms. The molecule has 22 heavy (non-hydrogen) atoms. The van der Waals surface area contributed by atoms with E-state index in [1.165, 1.54) is 22.5 Å². The summed E-state index contributed by atoms with van der Waals surface area (Å²) in [4.78, 5) is 13.5. The van der Waals surface area contributed by atoms with E-state index in [-0.39, 0.29) is 29.8 Å². The minimum Gasteiger partial charge on any atom is -0.340 e. The minimum absolute atomic E-state index is 0.0467. The maximum absolute atomic E-state index is 13.7. The predicted molar refractivity (Wildman–Crippen MR) is 81.2 cm³/mol. The molecule has 1 aromatic rings. The maximum Gasteiger partial charge on any atom is 0.246 e. The number of hydrogen-bond acceptors (Lipinski definition) is 3. The summed E-state index contributed by atoms with van der Waals surface area (Å²) in [6.07, 6.45) is 0.757. The van der Waals surface area contributed by atoms with E-state index in [1.807, 2.05) is 13.8 Å². The summed E-state index contributed by atoms with van der Waals surface area (Å²) in [7, 11) is -3.85. The van der Waals surface area contributed by atoms with Crippen molar-refractivity contribution in [2.75, 3.05) is 26.2 Å². The van der Waals surface area contributed by atoms with Gasteiger partial charge in [-0.1, -0.05) is 26.0 Å². The van der Waals surface area contributed by atoms with Crippen LogP contribution in [-0.2, 0) is 14.8 Å². The molecule has 0 saturated carbocycles. The van der Waals surface area contributed by atoms with Gasteiger partial charge in [-0.3, -0.25) is 4.79 Å². The van der Waals surface area contributed by atoms with Crippen LogP contribution in [-0.4, -0.2) is 49.7 Å². The van der Waals surface area contributed by atoms with Crippen LogP contribution in [0.3, 0.4) is 0 Å². The zero-order chi connectivity index (χ0) is 16.3. The number of rotatable bonds is 4. The largest absolute Gasteiger partial charge is 0.340 e. The third-order valence-electron chi connectivity index (χ3n) is 4.04. The third kappa shape index (κ3) is 3.30. The number of carbonyl (C=O) groups is 1. The molecular weight excluding hydrogens is 307 g/mol. The molecule has 5 nitrogen and oxygen atoms in total. The first kappa shape index (κ1) is 16.9. The summed E-state index contributed by atoms with van der Waals surface area (Å²) >= 11 is 0. The van der Waals surface area contributed by atoms with Gasteiger partial charge >= 0.3 is 0 Å². The van der Waals surface area contributed by atoms with E-state index in [9.17, 15) is 17.6 Å². The quantitative estimate of drug-likeness (QED) is 0.845. The lowest BCUT2D eigenvalue weighted by molar-refractivity contribution is -0.136. The third-order valence-corrected chi connectivity index (χ3v) is 5.97. The van der Waals surface area contributed by atoms with Crippen molar-refractivity contribution in [2.45, 2.75) is 25.2 Å². The van der Waals surface area contributed by atoms with E-state index in [0.717, 1.165) is 12.5 Å². The molecule has 7 heteroatoms. The molecule has 0 N–H and O–H groups in total. The number of amides is 1. The zero-order valence-corrected chi connectivity index (χ0v) is 13.6. The fourth-order valence-corrected chi connectivity index (χ4v) is 3.92. The van der Waals surface area contributed by atoms with Gasteiger partial charge in [0.15, 0.2) is 0 Å². The van der Waals surface area contributed by atoms with E-state index < -0.39 is 15.8 Å². The molecule has 0 aromatic heterocycles. The summed E-state index contributed by atoms with van der Waals surface area (Å²) in [5.41, 5.74) is 0. The van der Waals surface area contributed by atoms with Gasteiger partial charge in [0.1, 0.15) is 10.7 Å². The fraction of sp³-hybridized carbons (Fsp3) is 0.533. The molecule has 1 aromatic carbocycles. The number of piperazine rings is 1. The van der Waals surface area contributed by atoms with Crippen molar-refractivity contribution in [1.29, 1.82) is 0 Å². The minimum atomic E-state index is -3.85. The maximum atomic E-state index is 13.7. The van der Waals surface area contributed by atoms with Crippen molar-refractivity contribution >= 4 is 15.9 Å². The summed E-state index contributed by atoms with van der Waals surface area (Å²) in [5.74, 6) is -0.763. The highest BCUT2D eigenvalue weighted by molar-refractivity contribution is 7.89. The molecule has 1 aliphatic heterocycles. The van der Waals surface area contributed by atoms with Crippen LogP contribution < -0.4 is 0 Å². The van der Waals surface area contributed by atoms with Crippen LogP contribution >= 0.6 is 0 Å². The van der Waals surface area contributed by atoms with Gasteiger partial charge in [0.2, 0.25) is 15.9 Å². The van der Waals surface area contributed by atoms with Crippen LogP contribution in [0.1, 0.15) is 20.3 Å². The summed E-state index contributed by atoms with van der Waals surface area (Å²) in [6.45, 7) is 4.89. The second-order valence-electron chi connectivity index (χ2n) is 5.47. The lowest BCUT2D eigenvalue weighted by Crippen LogP contribution is -2.51. The Morgan fingerprint density at radius 3 is 2.36 bits per heavy atom. The molecular formula is C15H21FN2O3S. The average molecular weight is 328 g/mol. The van der Waals surface area contributed by atoms with E-state index >= 15 is 0 Å². The standard InChI is InChI=1S/C15H21FN2O3S/c1-3-12(2)15(19)17-8-10-18(11-9-17)22(20,21)14-7-5-4-6-13(14)16/h4-7,12H,3,8-11H2,1-2H3. The Labute approximate surface area is 130 Å². The molecule has 1 atom stereocenters. The zero-order valence-electron chi connectivity index (χ0n) is 12.8. The van der Waals surface area contributed by atoms with E-state index in [1.54, 1.807) is 4.90 Å². The first-order valence-corrected chi connectivity index (χ1v) is 8.85. The highest BCUT2D eigenvalue weighted by Gasteiger charge is 2.32. The van der Waals surface area contributed by atoms with E-state index in [4.69, 9.17) is 0 Å². The van der Waals surface area contributed by atoms with Gasteiger partial charge in [0.05, 0.1) is 0 Å². The number of halogens is 1. The van der Waals surface area contributed by atoms with Crippen LogP contribution in [0.4, 0.5) is 4.39 Å². The van der Waals surface area contributed by atoms with Crippen LogP contribution in [0, 0.1) is 11.7 Å². The van der Waals surface area contributed by atoms with E-state index in [2.05, 4.69) is 0 Å². The highest BCUT2D eigenvalue weighted by Crippen LogP contribution is 2.21. The summed E-state index contributed by atoms with van der Waals surface area (Å²) in [6, 6.07) is 5.35. The van der Waals surface area contributed by atoms with Crippen LogP contribution in [0.25, 0.3) is 0 Å². The lowest BCUT2D eigenvalue weighted by Gasteiger charge is -2.35. The average Bonchev–Trinajstić information content (AvgIpc) is 2.53. The topological polar surface area (TPSA) is 57.7 Å². The number of benzene rings is 1. The summed E-state index contributed by atoms with van der Waals surface area (Å²) in [5, 5.41) is 0. The monoisotopic (exact) mass is 328 g/mol. The van der Waals surface area contributed by atoms with Crippen molar-refractivity contribution in [3.8, 4) is 0 Å². The number of carbonyl (C=O) groups excluding carboxylic acids is 1. The molecule has 1 fully saturated rings. The number of hydrogen-bond donors (Lipinski definition) is 0. The molecule has 0 bridgehead atoms. The molecule has 1 aliphatic rings. The van der Waals surface area contributed by atoms with E-state index in [0.29, 0.717) is 13.1 Å². The molecule has 1 saturated heterocycles. The van der Waals surface area contributed by atoms with Crippen molar-refractivity contribution in [2.24, 2.45) is 5.92 Å². The SMILES string of the molecule is CCC(C)C(=O)N1CCN(S(=O)(=O)c2ccccc2F)CC1. The Morgan fingerprint density at radius 2 is 1.82 bits per heavy atom. The molecule has 1 unspecified atom stereocenters. The smallest absolute Gasteiger partial charge is 0.246 e. The second-order valence-corrected chi connectivity index (χ2v) is 7.38. The molecule has 1 heterocycles. The normalized spacial score (nSPS) is 18.2. The van der Waals surface area contributed by atoms with Crippen molar-refractivity contribution in [1.82, 2.24) is 9.21 Å². The Kier molecular flexibility index (Phi) is 5.18. The Bertz CT molecular complexity index is 640. The lowest BCUT2D eigenvalue weighted by atomic mass is 10.1. The molecule has 122 valence electrons. The number of sulfonamides is 1. The van der Waals surface area contributed by atoms with Gasteiger partial charge in [-0.2, -0.15) is 4.31 Å². The van der Waals surface area contributed by atoms with Gasteiger partial charge in [0.25, 0.3) is 0 Å². The second kappa shape index (κ2) is 6.75. The first-order valence-electron chi connectivity index (χ1n) is 7.41. The van der Waals surface area contributed by atoms with Crippen molar-refractivity contribution in [3.63, 3.8) is 0 Å². The van der Waals surface area contributed by atoms with Gasteiger partial charge in [-0.15, -0.1) is 0 Å². The first-order chi connectivity index (χ1) is 10.4. The van der Waals surface area contributed by atoms with Crippen LogP contribution in [0.5, 0.6) is 0 Å². The van der Waals surface area contributed by atoms with Crippen molar-refractivity contribution in [3.05, 3.63) is 30.1 Å². The molecule has 1 amide bonds. The molecule has 0 radical (unpaired) electrons. The van der Waals surface area contributed by atoms with Gasteiger partial charge < -0.3 is 4.90 Å². The number of nitrogens with zero attached hydrogens (tertiary/aromatic N) is 2. The predicted octanol–water partition coefficient (Wildman–Crippen LogP) is 1.70. The van der Waals surface area contributed by atoms with Crippen molar-refractivity contribution < 1.29 is 17.6 Å². The van der Waals surface area contributed by atoms with Gasteiger partial charge in [-0.25, -0.2) is 12.8 Å². The summed E-state index contributed by atoms with van der Waals surface area (Å²) < 4.78 is 39.9. The highest BCUT2D eigenvalue weighted by atomic mass is 32.2. The Hall–Kier alpha value is -1.47. The Balaban J connectivity index is 2.08. The van der Waals surface area contributed by atoms with Crippen LogP contribution in [0.2, 0.25) is 0 Å². The van der Waals surface area contributed by atoms with Crippen LogP contribution in [0.15, 0.2) is 29.2 Å². The Morgan fingerprint density at radius 1 is 1.23 bits per heavy atom. The van der Waals surface area contributed by atoms with Gasteiger partial charge in [-0.05, 0) is 18.6 Å². The molecule has 2 rings (SSSR count). The fourth-order valence-electron chi connectivity index (χ4n) is 2.43. The van der Waals surface area contributed by atoms with Gasteiger partial charge in [0, 0.05) is 32.1 Å².